The Morgan fingerprint density at radius 1 is 0.583 bits per heavy atom. The Morgan fingerprint density at radius 2 is 0.750 bits per heavy atom. The van der Waals surface area contributed by atoms with Gasteiger partial charge < -0.3 is 15.0 Å². The van der Waals surface area contributed by atoms with Gasteiger partial charge in [-0.1, -0.05) is 0 Å². The van der Waals surface area contributed by atoms with Crippen molar-refractivity contribution in [2.24, 2.45) is 0 Å². The summed E-state index contributed by atoms with van der Waals surface area (Å²) in [7, 11) is 0. The third-order valence-corrected chi connectivity index (χ3v) is 1.29. The van der Waals surface area contributed by atoms with Gasteiger partial charge in [-0.15, -0.1) is 0 Å². The summed E-state index contributed by atoms with van der Waals surface area (Å²) in [5.74, 6) is 0. The van der Waals surface area contributed by atoms with Gasteiger partial charge in [-0.3, -0.25) is 0 Å². The molecule has 51 valence electrons. The average molecular weight is 198 g/mol. The van der Waals surface area contributed by atoms with E-state index in [4.69, 9.17) is 36.7 Å². The number of H-pyrrole nitrogens is 3. The zero-order valence-corrected chi connectivity index (χ0v) is 9.67. The summed E-state index contributed by atoms with van der Waals surface area (Å²) in [6.07, 6.45) is 0. The Morgan fingerprint density at radius 3 is 0.917 bits per heavy atom. The summed E-state index contributed by atoms with van der Waals surface area (Å²) in [6.45, 7) is 0. The molecule has 0 saturated heterocycles. The maximum absolute atomic E-state index is 4.72. The molecule has 0 aliphatic heterocycles. The molecule has 0 aliphatic rings. The summed E-state index contributed by atoms with van der Waals surface area (Å²) in [6, 6.07) is 0. The van der Waals surface area contributed by atoms with E-state index in [1.807, 2.05) is 0 Å². The van der Waals surface area contributed by atoms with Crippen molar-refractivity contribution in [3.63, 3.8) is 0 Å². The zero-order chi connectivity index (χ0) is 6.85. The van der Waals surface area contributed by atoms with Crippen LogP contribution in [0.2, 0.25) is 0 Å². The minimum atomic E-state index is 0. The van der Waals surface area contributed by atoms with Crippen LogP contribution >= 0.6 is 36.7 Å². The van der Waals surface area contributed by atoms with Crippen LogP contribution in [0.3, 0.4) is 0 Å². The first-order chi connectivity index (χ1) is 4.18. The van der Waals surface area contributed by atoms with E-state index in [0.29, 0.717) is 14.3 Å². The maximum atomic E-state index is 4.72. The molecule has 9 heteroatoms. The fourth-order valence-electron chi connectivity index (χ4n) is 0.403. The topological polar surface area (TPSA) is 47.4 Å². The standard InChI is InChI=1S/C3H3N3S3.3Li/c7-1-4-2(8)6-3(9)5-1;;;/h(H3,4,5,6,7,8,9);;;. The SMILES string of the molecule is S=c1[nH]c(=S)[nH]c(=S)[nH]1.[Li].[Li].[Li]. The summed E-state index contributed by atoms with van der Waals surface area (Å²) in [4.78, 5) is 7.99. The molecule has 0 fully saturated rings. The molecule has 3 N–H and O–H groups in total. The van der Waals surface area contributed by atoms with Crippen LogP contribution in [0.15, 0.2) is 0 Å². The van der Waals surface area contributed by atoms with E-state index >= 15 is 0 Å². The van der Waals surface area contributed by atoms with Gasteiger partial charge in [-0.05, 0) is 36.7 Å². The van der Waals surface area contributed by atoms with Crippen LogP contribution in [-0.4, -0.2) is 71.5 Å². The van der Waals surface area contributed by atoms with E-state index < -0.39 is 0 Å². The first kappa shape index (κ1) is 19.1. The average Bonchev–Trinajstić information content (AvgIpc) is 1.59. The van der Waals surface area contributed by atoms with Gasteiger partial charge in [-0.2, -0.15) is 0 Å². The molecule has 0 amide bonds. The summed E-state index contributed by atoms with van der Waals surface area (Å²) in [5, 5.41) is 0. The molecular weight excluding hydrogens is 195 g/mol. The molecule has 0 saturated carbocycles. The van der Waals surface area contributed by atoms with Crippen LogP contribution in [-0.2, 0) is 0 Å². The van der Waals surface area contributed by atoms with Crippen LogP contribution in [0, 0.1) is 14.3 Å². The zero-order valence-electron chi connectivity index (χ0n) is 7.22. The van der Waals surface area contributed by atoms with Gasteiger partial charge in [-0.25, -0.2) is 0 Å². The summed E-state index contributed by atoms with van der Waals surface area (Å²) in [5.41, 5.74) is 0. The second kappa shape index (κ2) is 9.03. The van der Waals surface area contributed by atoms with Crippen molar-refractivity contribution in [2.75, 3.05) is 0 Å². The van der Waals surface area contributed by atoms with Crippen LogP contribution in [0.25, 0.3) is 0 Å². The number of hydrogen-bond donors (Lipinski definition) is 3. The van der Waals surface area contributed by atoms with Gasteiger partial charge in [0.05, 0.1) is 0 Å². The van der Waals surface area contributed by atoms with Crippen molar-refractivity contribution in [1.82, 2.24) is 15.0 Å². The van der Waals surface area contributed by atoms with Crippen LogP contribution in [0.5, 0.6) is 0 Å². The predicted molar refractivity (Wildman–Crippen MR) is 59.3 cm³/mol. The second-order valence-corrected chi connectivity index (χ2v) is 2.59. The molecule has 12 heavy (non-hydrogen) atoms. The molecule has 1 aromatic rings. The fourth-order valence-corrected chi connectivity index (χ4v) is 1.21. The van der Waals surface area contributed by atoms with Crippen molar-refractivity contribution in [2.45, 2.75) is 0 Å². The first-order valence-corrected chi connectivity index (χ1v) is 3.34. The molecule has 1 aromatic heterocycles. The minimum Gasteiger partial charge on any atom is -0.309 e. The van der Waals surface area contributed by atoms with E-state index in [2.05, 4.69) is 15.0 Å². The molecule has 3 radical (unpaired) electrons. The number of rotatable bonds is 0. The van der Waals surface area contributed by atoms with E-state index in [-0.39, 0.29) is 56.6 Å². The molecule has 0 spiro atoms. The van der Waals surface area contributed by atoms with Crippen LogP contribution in [0.1, 0.15) is 0 Å². The Bertz CT molecular complexity index is 287. The van der Waals surface area contributed by atoms with Crippen molar-refractivity contribution in [3.05, 3.63) is 14.3 Å². The Hall–Kier alpha value is 1.46. The Labute approximate surface area is 121 Å². The first-order valence-electron chi connectivity index (χ1n) is 2.11. The molecule has 0 unspecified atom stereocenters. The van der Waals surface area contributed by atoms with E-state index in [1.165, 1.54) is 0 Å². The monoisotopic (exact) mass is 198 g/mol. The van der Waals surface area contributed by atoms with Crippen molar-refractivity contribution in [1.29, 1.82) is 0 Å². The number of hydrogen-bond acceptors (Lipinski definition) is 3. The van der Waals surface area contributed by atoms with Crippen LogP contribution < -0.4 is 0 Å². The van der Waals surface area contributed by atoms with Crippen molar-refractivity contribution < 1.29 is 0 Å². The third kappa shape index (κ3) is 6.92. The van der Waals surface area contributed by atoms with Crippen molar-refractivity contribution >= 4 is 93.2 Å². The van der Waals surface area contributed by atoms with E-state index in [0.717, 1.165) is 0 Å². The van der Waals surface area contributed by atoms with Gasteiger partial charge in [0.25, 0.3) is 0 Å². The minimum absolute atomic E-state index is 0. The fraction of sp³-hybridized carbons (Fsp3) is 0. The molecule has 0 atom stereocenters. The smallest absolute Gasteiger partial charge is 0.178 e. The number of nitrogens with one attached hydrogen (secondary N) is 3. The Kier molecular flexibility index (Phi) is 14.4. The third-order valence-electron chi connectivity index (χ3n) is 0.681. The molecule has 3 nitrogen and oxygen atoms in total. The molecular formula is C3H3Li3N3S3. The van der Waals surface area contributed by atoms with E-state index in [9.17, 15) is 0 Å². The molecule has 0 aliphatic carbocycles. The van der Waals surface area contributed by atoms with Crippen LogP contribution in [0.4, 0.5) is 0 Å². The normalized spacial score (nSPS) is 7.00. The quantitative estimate of drug-likeness (QED) is 0.425. The molecule has 0 bridgehead atoms. The Balaban J connectivity index is -0.000000270. The molecule has 0 aromatic carbocycles. The summed E-state index contributed by atoms with van der Waals surface area (Å²) < 4.78 is 1.34. The second-order valence-electron chi connectivity index (χ2n) is 1.36. The number of aromatic nitrogens is 3. The molecule has 1 rings (SSSR count). The van der Waals surface area contributed by atoms with Gasteiger partial charge in [0.1, 0.15) is 0 Å². The summed E-state index contributed by atoms with van der Waals surface area (Å²) >= 11 is 14.2. The predicted octanol–water partition coefficient (Wildman–Crippen LogP) is 0.717. The van der Waals surface area contributed by atoms with Gasteiger partial charge in [0.2, 0.25) is 0 Å². The van der Waals surface area contributed by atoms with Gasteiger partial charge >= 0.3 is 0 Å². The van der Waals surface area contributed by atoms with Crippen molar-refractivity contribution in [3.8, 4) is 0 Å². The number of aromatic amines is 3. The van der Waals surface area contributed by atoms with E-state index in [1.54, 1.807) is 0 Å². The molecule has 1 heterocycles. The largest absolute Gasteiger partial charge is 0.309 e. The maximum Gasteiger partial charge on any atom is 0.178 e. The van der Waals surface area contributed by atoms with Gasteiger partial charge in [0, 0.05) is 56.6 Å². The van der Waals surface area contributed by atoms with Gasteiger partial charge in [0.15, 0.2) is 14.3 Å².